The van der Waals surface area contributed by atoms with Crippen molar-refractivity contribution in [3.63, 3.8) is 0 Å². The van der Waals surface area contributed by atoms with Crippen LogP contribution in [0.4, 0.5) is 0 Å². The van der Waals surface area contributed by atoms with Gasteiger partial charge >= 0.3 is 0 Å². The van der Waals surface area contributed by atoms with Crippen LogP contribution in [0, 0.1) is 19.3 Å². The van der Waals surface area contributed by atoms with E-state index in [2.05, 4.69) is 27.7 Å². The summed E-state index contributed by atoms with van der Waals surface area (Å²) in [6.07, 6.45) is 2.30. The van der Waals surface area contributed by atoms with Crippen LogP contribution in [0.2, 0.25) is 0 Å². The third-order valence-corrected chi connectivity index (χ3v) is 0.854. The predicted molar refractivity (Wildman–Crippen MR) is 33.7 cm³/mol. The molecule has 0 unspecified atom stereocenters. The summed E-state index contributed by atoms with van der Waals surface area (Å²) in [6.45, 7) is 11.9. The van der Waals surface area contributed by atoms with Crippen molar-refractivity contribution >= 4 is 0 Å². The molecule has 0 spiro atoms. The zero-order valence-corrected chi connectivity index (χ0v) is 5.33. The second-order valence-corrected chi connectivity index (χ2v) is 2.56. The van der Waals surface area contributed by atoms with Crippen molar-refractivity contribution in [2.75, 3.05) is 0 Å². The van der Waals surface area contributed by atoms with E-state index in [0.29, 0.717) is 0 Å². The van der Waals surface area contributed by atoms with Gasteiger partial charge in [-0.1, -0.05) is 20.3 Å². The molecule has 0 heteroatoms. The van der Waals surface area contributed by atoms with E-state index < -0.39 is 0 Å². The van der Waals surface area contributed by atoms with Crippen LogP contribution >= 0.6 is 0 Å². The number of rotatable bonds is 2. The quantitative estimate of drug-likeness (QED) is 0.497. The van der Waals surface area contributed by atoms with Crippen LogP contribution in [0.15, 0.2) is 0 Å². The van der Waals surface area contributed by atoms with Crippen LogP contribution in [-0.4, -0.2) is 0 Å². The predicted octanol–water partition coefficient (Wildman–Crippen LogP) is 2.46. The molecule has 0 atom stereocenters. The van der Waals surface area contributed by atoms with E-state index in [1.165, 1.54) is 6.42 Å². The lowest BCUT2D eigenvalue weighted by Gasteiger charge is -2.14. The molecule has 42 valence electrons. The van der Waals surface area contributed by atoms with E-state index in [0.717, 1.165) is 6.42 Å². The molecule has 0 aliphatic rings. The molecule has 0 saturated carbocycles. The number of hydrogen-bond donors (Lipinski definition) is 0. The first kappa shape index (κ1) is 7.00. The molecule has 7 heavy (non-hydrogen) atoms. The lowest BCUT2D eigenvalue weighted by Crippen LogP contribution is -2.03. The molecule has 0 amide bonds. The van der Waals surface area contributed by atoms with Crippen molar-refractivity contribution in [1.29, 1.82) is 0 Å². The van der Waals surface area contributed by atoms with Crippen LogP contribution in [0.1, 0.15) is 26.7 Å². The summed E-state index contributed by atoms with van der Waals surface area (Å²) in [6, 6.07) is 0. The fourth-order valence-corrected chi connectivity index (χ4v) is 0.604. The minimum absolute atomic E-state index is 0.0503. The monoisotopic (exact) mass is 98.1 g/mol. The maximum atomic E-state index is 3.85. The van der Waals surface area contributed by atoms with Crippen LogP contribution in [-0.2, 0) is 0 Å². The van der Waals surface area contributed by atoms with Crippen molar-refractivity contribution < 1.29 is 0 Å². The van der Waals surface area contributed by atoms with Gasteiger partial charge in [0, 0.05) is 0 Å². The van der Waals surface area contributed by atoms with E-state index in [4.69, 9.17) is 0 Å². The molecular weight excluding hydrogens is 84.1 g/mol. The molecule has 0 aromatic carbocycles. The highest BCUT2D eigenvalue weighted by Crippen LogP contribution is 2.18. The maximum Gasteiger partial charge on any atom is -0.0326 e. The third-order valence-electron chi connectivity index (χ3n) is 0.854. The molecule has 0 aromatic rings. The Morgan fingerprint density at radius 3 is 1.86 bits per heavy atom. The van der Waals surface area contributed by atoms with Gasteiger partial charge in [0.15, 0.2) is 0 Å². The van der Waals surface area contributed by atoms with E-state index >= 15 is 0 Å². The van der Waals surface area contributed by atoms with Crippen LogP contribution < -0.4 is 0 Å². The van der Waals surface area contributed by atoms with Gasteiger partial charge in [0.05, 0.1) is 0 Å². The molecular formula is C7H14. The summed E-state index contributed by atoms with van der Waals surface area (Å²) >= 11 is 0. The van der Waals surface area contributed by atoms with Gasteiger partial charge in [-0.25, -0.2) is 0 Å². The summed E-state index contributed by atoms with van der Waals surface area (Å²) in [5.41, 5.74) is 0.0503. The average Bonchev–Trinajstić information content (AvgIpc) is 1.30. The minimum atomic E-state index is 0.0503. The molecule has 0 fully saturated rings. The van der Waals surface area contributed by atoms with Gasteiger partial charge in [0.1, 0.15) is 0 Å². The van der Waals surface area contributed by atoms with Crippen molar-refractivity contribution in [2.45, 2.75) is 26.7 Å². The van der Waals surface area contributed by atoms with Gasteiger partial charge in [0.2, 0.25) is 0 Å². The van der Waals surface area contributed by atoms with E-state index in [9.17, 15) is 0 Å². The van der Waals surface area contributed by atoms with Gasteiger partial charge in [0.25, 0.3) is 0 Å². The Bertz CT molecular complexity index is 38.5. The molecule has 0 aliphatic carbocycles. The smallest absolute Gasteiger partial charge is 0.0326 e. The highest BCUT2D eigenvalue weighted by atomic mass is 14.1. The Balaban J connectivity index is 3.15. The first-order valence-corrected chi connectivity index (χ1v) is 2.77. The Morgan fingerprint density at radius 2 is 1.86 bits per heavy atom. The lowest BCUT2D eigenvalue weighted by atomic mass is 9.91. The number of hydrogen-bond acceptors (Lipinski definition) is 0. The van der Waals surface area contributed by atoms with Crippen molar-refractivity contribution in [3.8, 4) is 0 Å². The fraction of sp³-hybridized carbons (Fsp3) is 0.714. The maximum absolute atomic E-state index is 3.85. The summed E-state index contributed by atoms with van der Waals surface area (Å²) < 4.78 is 0. The standard InChI is InChI=1S/C7H14/c1-5-6-7(2,3)4/h2-3,5-6H2,1,4H3. The molecule has 0 aliphatic heterocycles. The highest BCUT2D eigenvalue weighted by Gasteiger charge is 2.06. The summed E-state index contributed by atoms with van der Waals surface area (Å²) in [4.78, 5) is 0. The molecule has 0 heterocycles. The van der Waals surface area contributed by atoms with E-state index in [-0.39, 0.29) is 5.41 Å². The van der Waals surface area contributed by atoms with Gasteiger partial charge in [-0.2, -0.15) is 0 Å². The third kappa shape index (κ3) is 6.00. The van der Waals surface area contributed by atoms with Crippen molar-refractivity contribution in [2.24, 2.45) is 5.41 Å². The topological polar surface area (TPSA) is 0 Å². The molecule has 0 nitrogen and oxygen atoms in total. The Labute approximate surface area is 46.9 Å². The Hall–Kier alpha value is 0. The summed E-state index contributed by atoms with van der Waals surface area (Å²) in [7, 11) is 0. The van der Waals surface area contributed by atoms with Crippen molar-refractivity contribution in [3.05, 3.63) is 13.8 Å². The molecule has 0 aromatic heterocycles. The lowest BCUT2D eigenvalue weighted by molar-refractivity contribution is 0.483. The van der Waals surface area contributed by atoms with Crippen LogP contribution in [0.3, 0.4) is 0 Å². The Morgan fingerprint density at radius 1 is 1.43 bits per heavy atom. The largest absolute Gasteiger partial charge is 0.0654 e. The first-order valence-electron chi connectivity index (χ1n) is 2.77. The normalized spacial score (nSPS) is 12.0. The molecule has 0 saturated heterocycles. The summed E-state index contributed by atoms with van der Waals surface area (Å²) in [5, 5.41) is 0. The second-order valence-electron chi connectivity index (χ2n) is 2.56. The zero-order chi connectivity index (χ0) is 5.91. The molecule has 0 rings (SSSR count). The SMILES string of the molecule is [CH2]C([CH2])(C)CCC. The van der Waals surface area contributed by atoms with Crippen LogP contribution in [0.5, 0.6) is 0 Å². The molecule has 0 N–H and O–H groups in total. The van der Waals surface area contributed by atoms with Gasteiger partial charge in [-0.3, -0.25) is 0 Å². The van der Waals surface area contributed by atoms with Crippen molar-refractivity contribution in [1.82, 2.24) is 0 Å². The first-order chi connectivity index (χ1) is 3.06. The molecule has 2 radical (unpaired) electrons. The van der Waals surface area contributed by atoms with Gasteiger partial charge in [-0.15, -0.1) is 0 Å². The highest BCUT2D eigenvalue weighted by molar-refractivity contribution is 4.77. The Kier molecular flexibility index (Phi) is 2.34. The zero-order valence-electron chi connectivity index (χ0n) is 5.33. The van der Waals surface area contributed by atoms with E-state index in [1.807, 2.05) is 0 Å². The summed E-state index contributed by atoms with van der Waals surface area (Å²) in [5.74, 6) is 0. The fourth-order valence-electron chi connectivity index (χ4n) is 0.604. The van der Waals surface area contributed by atoms with Crippen LogP contribution in [0.25, 0.3) is 0 Å². The average molecular weight is 98.2 g/mol. The van der Waals surface area contributed by atoms with Gasteiger partial charge < -0.3 is 0 Å². The second kappa shape index (κ2) is 2.34. The molecule has 0 bridgehead atoms. The van der Waals surface area contributed by atoms with Gasteiger partial charge in [-0.05, 0) is 25.7 Å². The van der Waals surface area contributed by atoms with E-state index in [1.54, 1.807) is 0 Å². The minimum Gasteiger partial charge on any atom is -0.0654 e.